The van der Waals surface area contributed by atoms with Gasteiger partial charge >= 0.3 is 0 Å². The van der Waals surface area contributed by atoms with Crippen LogP contribution in [-0.4, -0.2) is 9.13 Å². The van der Waals surface area contributed by atoms with Crippen molar-refractivity contribution < 1.29 is 0 Å². The van der Waals surface area contributed by atoms with Crippen molar-refractivity contribution in [3.8, 4) is 55.9 Å². The van der Waals surface area contributed by atoms with E-state index >= 15 is 0 Å². The van der Waals surface area contributed by atoms with Crippen LogP contribution < -0.4 is 0 Å². The molecule has 0 fully saturated rings. The van der Waals surface area contributed by atoms with Crippen LogP contribution in [0.4, 0.5) is 0 Å². The van der Waals surface area contributed by atoms with E-state index in [1.165, 1.54) is 151 Å². The Bertz CT molecular complexity index is 4910. The van der Waals surface area contributed by atoms with Gasteiger partial charge in [-0.1, -0.05) is 169 Å². The quantitative estimate of drug-likeness (QED) is 0.157. The monoisotopic (exact) mass is 1030 g/mol. The van der Waals surface area contributed by atoms with Gasteiger partial charge in [-0.05, 0) is 167 Å². The minimum absolute atomic E-state index is 1.19. The molecule has 0 bridgehead atoms. The van der Waals surface area contributed by atoms with Crippen LogP contribution >= 0.6 is 22.7 Å². The molecule has 2 nitrogen and oxygen atoms in total. The summed E-state index contributed by atoms with van der Waals surface area (Å²) < 4.78 is 10.2. The van der Waals surface area contributed by atoms with Crippen LogP contribution in [-0.2, 0) is 0 Å². The van der Waals surface area contributed by atoms with Gasteiger partial charge in [0.2, 0.25) is 0 Å². The van der Waals surface area contributed by atoms with Crippen LogP contribution in [0.5, 0.6) is 0 Å². The molecule has 0 saturated carbocycles. The number of aryl methyl sites for hydroxylation is 2. The van der Waals surface area contributed by atoms with Gasteiger partial charge in [0.05, 0.1) is 22.1 Å². The first kappa shape index (κ1) is 46.0. The number of hydrogen-bond donors (Lipinski definition) is 0. The largest absolute Gasteiger partial charge is 0.309 e. The Balaban J connectivity index is 0.000000145. The lowest BCUT2D eigenvalue weighted by atomic mass is 9.92. The predicted molar refractivity (Wildman–Crippen MR) is 339 cm³/mol. The topological polar surface area (TPSA) is 9.86 Å². The van der Waals surface area contributed by atoms with Gasteiger partial charge in [-0.2, -0.15) is 0 Å². The summed E-state index contributed by atoms with van der Waals surface area (Å²) >= 11 is 3.76. The standard InChI is InChI=1S/C44H31NS.C30H19NS/c1-28-17-19-41-37(21-28)38-26-39-36-15-9-10-16-43(36)46-44(39)27-42(38)45(41)40-20-18-32(22-29(40)2)35-24-33(30-11-5-3-6-12-30)23-34(25-35)31-13-7-4-8-14-31;1-3-9-20(10-4-1)21-15-16-27-24(17-21)25-18-26-23-13-7-8-14-29(23)32-30(26)19-28(25)31(27)22-11-5-2-6-12-22/h3-27H,1-2H3;1-19H. The number of nitrogens with zero attached hydrogens (tertiary/aromatic N) is 2. The molecule has 78 heavy (non-hydrogen) atoms. The Morgan fingerprint density at radius 1 is 0.244 bits per heavy atom. The zero-order chi connectivity index (χ0) is 51.8. The highest BCUT2D eigenvalue weighted by molar-refractivity contribution is 7.26. The molecule has 0 aliphatic heterocycles. The molecule has 16 rings (SSSR count). The Morgan fingerprint density at radius 2 is 0.667 bits per heavy atom. The predicted octanol–water partition coefficient (Wildman–Crippen LogP) is 21.6. The van der Waals surface area contributed by atoms with Gasteiger partial charge in [-0.25, -0.2) is 0 Å². The van der Waals surface area contributed by atoms with E-state index in [0.29, 0.717) is 0 Å². The second-order valence-corrected chi connectivity index (χ2v) is 22.8. The van der Waals surface area contributed by atoms with E-state index in [2.05, 4.69) is 290 Å². The smallest absolute Gasteiger partial charge is 0.0555 e. The van der Waals surface area contributed by atoms with Crippen molar-refractivity contribution in [2.45, 2.75) is 13.8 Å². The number of hydrogen-bond acceptors (Lipinski definition) is 2. The Labute approximate surface area is 460 Å². The Hall–Kier alpha value is -9.32. The molecule has 0 radical (unpaired) electrons. The molecule has 0 unspecified atom stereocenters. The molecular weight excluding hydrogens is 981 g/mol. The van der Waals surface area contributed by atoms with Gasteiger partial charge in [0.25, 0.3) is 0 Å². The van der Waals surface area contributed by atoms with Gasteiger partial charge in [0, 0.05) is 73.3 Å². The first-order valence-electron chi connectivity index (χ1n) is 26.7. The molecule has 0 aliphatic rings. The number of para-hydroxylation sites is 1. The van der Waals surface area contributed by atoms with Gasteiger partial charge < -0.3 is 9.13 Å². The summed E-state index contributed by atoms with van der Waals surface area (Å²) in [5.74, 6) is 0. The van der Waals surface area contributed by atoms with Crippen LogP contribution in [0.25, 0.3) is 140 Å². The average molecular weight is 1030 g/mol. The van der Waals surface area contributed by atoms with E-state index < -0.39 is 0 Å². The van der Waals surface area contributed by atoms with Crippen molar-refractivity contribution in [2.75, 3.05) is 0 Å². The van der Waals surface area contributed by atoms with Gasteiger partial charge in [0.15, 0.2) is 0 Å². The van der Waals surface area contributed by atoms with Gasteiger partial charge in [-0.15, -0.1) is 22.7 Å². The summed E-state index contributed by atoms with van der Waals surface area (Å²) in [6.45, 7) is 4.44. The Kier molecular flexibility index (Phi) is 11.1. The van der Waals surface area contributed by atoms with Crippen LogP contribution in [0.2, 0.25) is 0 Å². The van der Waals surface area contributed by atoms with Crippen LogP contribution in [0.15, 0.2) is 267 Å². The average Bonchev–Trinajstić information content (AvgIpc) is 4.43. The number of aromatic nitrogens is 2. The Morgan fingerprint density at radius 3 is 1.23 bits per heavy atom. The number of benzene rings is 12. The zero-order valence-corrected chi connectivity index (χ0v) is 44.7. The van der Waals surface area contributed by atoms with Crippen molar-refractivity contribution in [3.63, 3.8) is 0 Å². The summed E-state index contributed by atoms with van der Waals surface area (Å²) in [7, 11) is 0. The number of fused-ring (bicyclic) bond motifs is 12. The third-order valence-electron chi connectivity index (χ3n) is 15.7. The summed E-state index contributed by atoms with van der Waals surface area (Å²) in [6, 6.07) is 97.5. The van der Waals surface area contributed by atoms with Crippen LogP contribution in [0.3, 0.4) is 0 Å². The zero-order valence-electron chi connectivity index (χ0n) is 43.1. The molecule has 4 heterocycles. The molecule has 0 N–H and O–H groups in total. The maximum atomic E-state index is 2.48. The van der Waals surface area contributed by atoms with E-state index in [4.69, 9.17) is 0 Å². The van der Waals surface area contributed by atoms with Crippen molar-refractivity contribution in [2.24, 2.45) is 0 Å². The third-order valence-corrected chi connectivity index (χ3v) is 18.0. The molecular formula is C74H50N2S2. The minimum atomic E-state index is 1.19. The molecule has 12 aromatic carbocycles. The second kappa shape index (κ2) is 18.8. The van der Waals surface area contributed by atoms with E-state index in [0.717, 1.165) is 0 Å². The summed E-state index contributed by atoms with van der Waals surface area (Å²) in [5.41, 5.74) is 19.8. The van der Waals surface area contributed by atoms with E-state index in [1.807, 2.05) is 22.7 Å². The minimum Gasteiger partial charge on any atom is -0.309 e. The fraction of sp³-hybridized carbons (Fsp3) is 0.0270. The first-order valence-corrected chi connectivity index (χ1v) is 28.3. The lowest BCUT2D eigenvalue weighted by molar-refractivity contribution is 1.15. The molecule has 0 amide bonds. The molecule has 4 aromatic heterocycles. The molecule has 4 heteroatoms. The van der Waals surface area contributed by atoms with E-state index in [-0.39, 0.29) is 0 Å². The van der Waals surface area contributed by atoms with Crippen molar-refractivity contribution in [1.82, 2.24) is 9.13 Å². The van der Waals surface area contributed by atoms with Crippen LogP contribution in [0.1, 0.15) is 11.1 Å². The van der Waals surface area contributed by atoms with Crippen molar-refractivity contribution >= 4 is 107 Å². The fourth-order valence-corrected chi connectivity index (χ4v) is 14.2. The van der Waals surface area contributed by atoms with Crippen molar-refractivity contribution in [3.05, 3.63) is 278 Å². The maximum absolute atomic E-state index is 2.48. The van der Waals surface area contributed by atoms with Crippen LogP contribution in [0, 0.1) is 13.8 Å². The third kappa shape index (κ3) is 7.83. The number of rotatable bonds is 6. The molecule has 0 spiro atoms. The number of thiophene rings is 2. The highest BCUT2D eigenvalue weighted by atomic mass is 32.1. The van der Waals surface area contributed by atoms with Gasteiger partial charge in [-0.3, -0.25) is 0 Å². The molecule has 0 atom stereocenters. The second-order valence-electron chi connectivity index (χ2n) is 20.6. The lowest BCUT2D eigenvalue weighted by Gasteiger charge is -2.15. The van der Waals surface area contributed by atoms with Crippen molar-refractivity contribution in [1.29, 1.82) is 0 Å². The molecule has 16 aromatic rings. The SMILES string of the molecule is Cc1ccc2c(c1)c1cc3c(cc1n2-c1ccc(-c2cc(-c4ccccc4)cc(-c4ccccc4)c2)cc1C)sc1ccccc13.c1ccc(-c2ccc3c(c2)c2cc4c(cc2n3-c2ccccc2)sc2ccccc24)cc1. The van der Waals surface area contributed by atoms with E-state index in [9.17, 15) is 0 Å². The summed E-state index contributed by atoms with van der Waals surface area (Å²) in [4.78, 5) is 0. The lowest BCUT2D eigenvalue weighted by Crippen LogP contribution is -1.97. The normalized spacial score (nSPS) is 11.7. The molecule has 368 valence electrons. The molecule has 0 aliphatic carbocycles. The summed E-state index contributed by atoms with van der Waals surface area (Å²) in [6.07, 6.45) is 0. The summed E-state index contributed by atoms with van der Waals surface area (Å²) in [5, 5.41) is 10.6. The maximum Gasteiger partial charge on any atom is 0.0555 e. The molecule has 0 saturated heterocycles. The first-order chi connectivity index (χ1) is 38.5. The highest BCUT2D eigenvalue weighted by Gasteiger charge is 2.20. The fourth-order valence-electron chi connectivity index (χ4n) is 12.0. The highest BCUT2D eigenvalue weighted by Crippen LogP contribution is 2.44. The van der Waals surface area contributed by atoms with E-state index in [1.54, 1.807) is 0 Å². The van der Waals surface area contributed by atoms with Gasteiger partial charge in [0.1, 0.15) is 0 Å².